The monoisotopic (exact) mass is 245 g/mol. The molecule has 0 radical (unpaired) electrons. The average molecular weight is 245 g/mol. The molecule has 1 saturated heterocycles. The van der Waals surface area contributed by atoms with Crippen LogP contribution in [0.1, 0.15) is 30.5 Å². The maximum absolute atomic E-state index is 9.00. The van der Waals surface area contributed by atoms with Crippen LogP contribution in [0.4, 0.5) is 0 Å². The predicted molar refractivity (Wildman–Crippen MR) is 68.7 cm³/mol. The highest BCUT2D eigenvalue weighted by atomic mass is 16.3. The molecule has 0 amide bonds. The zero-order chi connectivity index (χ0) is 12.8. The number of likely N-dealkylation sites (tertiary alicyclic amines) is 1. The molecule has 1 fully saturated rings. The van der Waals surface area contributed by atoms with Gasteiger partial charge in [-0.15, -0.1) is 0 Å². The zero-order valence-corrected chi connectivity index (χ0v) is 10.5. The second-order valence-electron chi connectivity index (χ2n) is 4.92. The Balaban J connectivity index is 1.94. The molecule has 0 saturated carbocycles. The fourth-order valence-electron chi connectivity index (χ4n) is 2.61. The van der Waals surface area contributed by atoms with E-state index in [9.17, 15) is 0 Å². The number of pyridine rings is 1. The van der Waals surface area contributed by atoms with Gasteiger partial charge in [0.1, 0.15) is 11.8 Å². The minimum Gasteiger partial charge on any atom is -0.396 e. The average Bonchev–Trinajstić information content (AvgIpc) is 2.40. The summed E-state index contributed by atoms with van der Waals surface area (Å²) in [7, 11) is 0. The lowest BCUT2D eigenvalue weighted by Crippen LogP contribution is -2.35. The molecule has 0 bridgehead atoms. The van der Waals surface area contributed by atoms with Crippen molar-refractivity contribution in [2.45, 2.75) is 25.8 Å². The summed E-state index contributed by atoms with van der Waals surface area (Å²) in [6, 6.07) is 5.90. The second kappa shape index (κ2) is 6.48. The molecule has 1 aromatic rings. The summed E-state index contributed by atoms with van der Waals surface area (Å²) in [5.74, 6) is 0.612. The third kappa shape index (κ3) is 3.52. The molecule has 96 valence electrons. The van der Waals surface area contributed by atoms with Crippen molar-refractivity contribution < 1.29 is 5.11 Å². The minimum atomic E-state index is 0.284. The Bertz CT molecular complexity index is 425. The summed E-state index contributed by atoms with van der Waals surface area (Å²) >= 11 is 0. The molecule has 18 heavy (non-hydrogen) atoms. The molecule has 1 atom stereocenters. The van der Waals surface area contributed by atoms with Crippen molar-refractivity contribution in [3.05, 3.63) is 29.6 Å². The SMILES string of the molecule is N#Cc1cc(CN2CCCC(CCO)C2)ccn1. The van der Waals surface area contributed by atoms with Crippen molar-refractivity contribution in [1.82, 2.24) is 9.88 Å². The zero-order valence-electron chi connectivity index (χ0n) is 10.5. The maximum Gasteiger partial charge on any atom is 0.140 e. The molecule has 1 N–H and O–H groups in total. The Morgan fingerprint density at radius 3 is 3.22 bits per heavy atom. The number of aliphatic hydroxyl groups excluding tert-OH is 1. The number of nitrogens with zero attached hydrogens (tertiary/aromatic N) is 3. The minimum absolute atomic E-state index is 0.284. The van der Waals surface area contributed by atoms with Gasteiger partial charge in [0.25, 0.3) is 0 Å². The summed E-state index contributed by atoms with van der Waals surface area (Å²) in [5.41, 5.74) is 1.63. The van der Waals surface area contributed by atoms with E-state index >= 15 is 0 Å². The van der Waals surface area contributed by atoms with Gasteiger partial charge in [-0.1, -0.05) is 0 Å². The maximum atomic E-state index is 9.00. The van der Waals surface area contributed by atoms with E-state index in [1.807, 2.05) is 12.1 Å². The molecule has 1 aliphatic rings. The first kappa shape index (κ1) is 13.0. The van der Waals surface area contributed by atoms with Gasteiger partial charge in [-0.25, -0.2) is 4.98 Å². The summed E-state index contributed by atoms with van der Waals surface area (Å²) < 4.78 is 0. The van der Waals surface area contributed by atoms with Crippen molar-refractivity contribution in [2.75, 3.05) is 19.7 Å². The number of aromatic nitrogens is 1. The second-order valence-corrected chi connectivity index (χ2v) is 4.92. The first-order valence-corrected chi connectivity index (χ1v) is 6.50. The number of hydrogen-bond acceptors (Lipinski definition) is 4. The van der Waals surface area contributed by atoms with Crippen molar-refractivity contribution in [3.8, 4) is 6.07 Å². The van der Waals surface area contributed by atoms with Crippen LogP contribution >= 0.6 is 0 Å². The van der Waals surface area contributed by atoms with E-state index in [0.717, 1.165) is 31.6 Å². The summed E-state index contributed by atoms with van der Waals surface area (Å²) in [5, 5.41) is 17.8. The highest BCUT2D eigenvalue weighted by Gasteiger charge is 2.19. The van der Waals surface area contributed by atoms with E-state index in [0.29, 0.717) is 11.6 Å². The molecule has 2 rings (SSSR count). The van der Waals surface area contributed by atoms with Crippen molar-refractivity contribution >= 4 is 0 Å². The van der Waals surface area contributed by atoms with E-state index in [2.05, 4.69) is 16.0 Å². The third-order valence-corrected chi connectivity index (χ3v) is 3.49. The first-order chi connectivity index (χ1) is 8.81. The summed E-state index contributed by atoms with van der Waals surface area (Å²) in [6.07, 6.45) is 5.01. The van der Waals surface area contributed by atoms with Crippen LogP contribution in [-0.2, 0) is 6.54 Å². The highest BCUT2D eigenvalue weighted by Crippen LogP contribution is 2.20. The van der Waals surface area contributed by atoms with Crippen LogP contribution < -0.4 is 0 Å². The molecule has 1 aliphatic heterocycles. The third-order valence-electron chi connectivity index (χ3n) is 3.49. The van der Waals surface area contributed by atoms with Gasteiger partial charge in [0.15, 0.2) is 0 Å². The van der Waals surface area contributed by atoms with Gasteiger partial charge in [-0.2, -0.15) is 5.26 Å². The number of piperidine rings is 1. The number of aliphatic hydroxyl groups is 1. The lowest BCUT2D eigenvalue weighted by molar-refractivity contribution is 0.142. The Hall–Kier alpha value is -1.44. The Kier molecular flexibility index (Phi) is 4.68. The topological polar surface area (TPSA) is 60.2 Å². The molecule has 4 nitrogen and oxygen atoms in total. The summed E-state index contributed by atoms with van der Waals surface area (Å²) in [4.78, 5) is 6.39. The van der Waals surface area contributed by atoms with Gasteiger partial charge in [-0.05, 0) is 49.4 Å². The van der Waals surface area contributed by atoms with Crippen LogP contribution in [0.25, 0.3) is 0 Å². The first-order valence-electron chi connectivity index (χ1n) is 6.50. The summed E-state index contributed by atoms with van der Waals surface area (Å²) in [6.45, 7) is 3.31. The highest BCUT2D eigenvalue weighted by molar-refractivity contribution is 5.25. The van der Waals surface area contributed by atoms with Crippen LogP contribution in [0.2, 0.25) is 0 Å². The molecule has 0 aliphatic carbocycles. The van der Waals surface area contributed by atoms with Crippen molar-refractivity contribution in [2.24, 2.45) is 5.92 Å². The van der Waals surface area contributed by atoms with Crippen LogP contribution in [0.5, 0.6) is 0 Å². The largest absolute Gasteiger partial charge is 0.396 e. The van der Waals surface area contributed by atoms with E-state index in [4.69, 9.17) is 10.4 Å². The lowest BCUT2D eigenvalue weighted by Gasteiger charge is -2.32. The van der Waals surface area contributed by atoms with E-state index in [1.165, 1.54) is 12.8 Å². The van der Waals surface area contributed by atoms with Gasteiger partial charge in [-0.3, -0.25) is 4.90 Å². The molecule has 1 unspecified atom stereocenters. The van der Waals surface area contributed by atoms with E-state index in [1.54, 1.807) is 6.20 Å². The molecule has 4 heteroatoms. The quantitative estimate of drug-likeness (QED) is 0.874. The van der Waals surface area contributed by atoms with Gasteiger partial charge >= 0.3 is 0 Å². The van der Waals surface area contributed by atoms with Crippen LogP contribution in [0.15, 0.2) is 18.3 Å². The molecule has 2 heterocycles. The van der Waals surface area contributed by atoms with Crippen LogP contribution in [0.3, 0.4) is 0 Å². The van der Waals surface area contributed by atoms with Gasteiger partial charge in [0.05, 0.1) is 0 Å². The normalized spacial score (nSPS) is 20.6. The predicted octanol–water partition coefficient (Wildman–Crippen LogP) is 1.55. The van der Waals surface area contributed by atoms with Gasteiger partial charge in [0.2, 0.25) is 0 Å². The number of rotatable bonds is 4. The molecular formula is C14H19N3O. The van der Waals surface area contributed by atoms with Crippen LogP contribution in [0, 0.1) is 17.2 Å². The van der Waals surface area contributed by atoms with Crippen molar-refractivity contribution in [1.29, 1.82) is 5.26 Å². The Morgan fingerprint density at radius 2 is 2.44 bits per heavy atom. The van der Waals surface area contributed by atoms with E-state index in [-0.39, 0.29) is 6.61 Å². The number of hydrogen-bond donors (Lipinski definition) is 1. The van der Waals surface area contributed by atoms with Gasteiger partial charge in [0, 0.05) is 25.9 Å². The fraction of sp³-hybridized carbons (Fsp3) is 0.571. The molecule has 0 aromatic carbocycles. The van der Waals surface area contributed by atoms with Crippen LogP contribution in [-0.4, -0.2) is 34.7 Å². The smallest absolute Gasteiger partial charge is 0.140 e. The standard InChI is InChI=1S/C14H19N3O/c15-9-14-8-13(3-5-16-14)11-17-6-1-2-12(10-17)4-7-18/h3,5,8,12,18H,1-2,4,6-7,10-11H2. The molecule has 1 aromatic heterocycles. The molecule has 0 spiro atoms. The number of nitriles is 1. The molecular weight excluding hydrogens is 226 g/mol. The van der Waals surface area contributed by atoms with E-state index < -0.39 is 0 Å². The van der Waals surface area contributed by atoms with Crippen molar-refractivity contribution in [3.63, 3.8) is 0 Å². The lowest BCUT2D eigenvalue weighted by atomic mass is 9.95. The Morgan fingerprint density at radius 1 is 1.56 bits per heavy atom. The fourth-order valence-corrected chi connectivity index (χ4v) is 2.61. The Labute approximate surface area is 108 Å². The van der Waals surface area contributed by atoms with Gasteiger partial charge < -0.3 is 5.11 Å².